The maximum Gasteiger partial charge on any atom is 0.0624 e. The lowest BCUT2D eigenvalue weighted by Crippen LogP contribution is -2.66. The van der Waals surface area contributed by atoms with E-state index in [4.69, 9.17) is 4.74 Å². The van der Waals surface area contributed by atoms with Crippen molar-refractivity contribution in [2.45, 2.75) is 78.4 Å². The van der Waals surface area contributed by atoms with Crippen molar-refractivity contribution in [3.63, 3.8) is 0 Å². The third kappa shape index (κ3) is 4.19. The number of ether oxygens (including phenoxy) is 1. The smallest absolute Gasteiger partial charge is 0.0624 e. The van der Waals surface area contributed by atoms with Gasteiger partial charge in [0.2, 0.25) is 0 Å². The normalized spacial score (nSPS) is 25.1. The van der Waals surface area contributed by atoms with Crippen LogP contribution in [-0.2, 0) is 4.74 Å². The quantitative estimate of drug-likeness (QED) is 0.740. The number of nitrogens with zero attached hydrogens (tertiary/aromatic N) is 1. The van der Waals surface area contributed by atoms with Crippen LogP contribution in [0.4, 0.5) is 0 Å². The van der Waals surface area contributed by atoms with E-state index in [1.165, 1.54) is 19.3 Å². The van der Waals surface area contributed by atoms with Gasteiger partial charge in [0.05, 0.1) is 6.61 Å². The lowest BCUT2D eigenvalue weighted by molar-refractivity contribution is -0.0212. The molecule has 1 heterocycles. The van der Waals surface area contributed by atoms with Gasteiger partial charge in [-0.15, -0.1) is 0 Å². The van der Waals surface area contributed by atoms with E-state index in [1.54, 1.807) is 0 Å². The molecule has 120 valence electrons. The lowest BCUT2D eigenvalue weighted by Gasteiger charge is -2.51. The predicted molar refractivity (Wildman–Crippen MR) is 87.2 cm³/mol. The highest BCUT2D eigenvalue weighted by atomic mass is 16.5. The van der Waals surface area contributed by atoms with E-state index in [0.717, 1.165) is 26.3 Å². The SMILES string of the molecule is CCOCC(C(C)C)N1CC(CC)(CC)NCC1CC. The molecule has 0 amide bonds. The first-order valence-electron chi connectivity index (χ1n) is 8.62. The van der Waals surface area contributed by atoms with Crippen molar-refractivity contribution in [3.05, 3.63) is 0 Å². The summed E-state index contributed by atoms with van der Waals surface area (Å²) >= 11 is 0. The molecule has 0 radical (unpaired) electrons. The minimum absolute atomic E-state index is 0.297. The third-order valence-electron chi connectivity index (χ3n) is 5.18. The van der Waals surface area contributed by atoms with Gasteiger partial charge in [-0.05, 0) is 32.1 Å². The molecule has 0 saturated carbocycles. The van der Waals surface area contributed by atoms with Crippen LogP contribution in [-0.4, -0.2) is 48.8 Å². The van der Waals surface area contributed by atoms with Crippen LogP contribution >= 0.6 is 0 Å². The second kappa shape index (κ2) is 8.35. The first kappa shape index (κ1) is 17.9. The molecule has 0 spiro atoms. The van der Waals surface area contributed by atoms with Crippen LogP contribution in [0.1, 0.15) is 60.8 Å². The number of hydrogen-bond acceptors (Lipinski definition) is 3. The van der Waals surface area contributed by atoms with Gasteiger partial charge in [0.25, 0.3) is 0 Å². The molecule has 2 atom stereocenters. The van der Waals surface area contributed by atoms with Crippen LogP contribution < -0.4 is 5.32 Å². The summed E-state index contributed by atoms with van der Waals surface area (Å²) in [6.45, 7) is 17.7. The minimum Gasteiger partial charge on any atom is -0.380 e. The molecule has 3 heteroatoms. The molecular formula is C17H36N2O. The second-order valence-corrected chi connectivity index (χ2v) is 6.57. The van der Waals surface area contributed by atoms with Crippen LogP contribution in [0, 0.1) is 5.92 Å². The molecule has 3 nitrogen and oxygen atoms in total. The van der Waals surface area contributed by atoms with Gasteiger partial charge in [-0.3, -0.25) is 4.90 Å². The zero-order valence-electron chi connectivity index (χ0n) is 14.5. The number of piperazine rings is 1. The maximum atomic E-state index is 5.78. The van der Waals surface area contributed by atoms with E-state index in [0.29, 0.717) is 23.5 Å². The molecule has 0 bridgehead atoms. The Morgan fingerprint density at radius 1 is 1.20 bits per heavy atom. The van der Waals surface area contributed by atoms with Crippen molar-refractivity contribution in [2.24, 2.45) is 5.92 Å². The summed E-state index contributed by atoms with van der Waals surface area (Å²) in [7, 11) is 0. The zero-order valence-corrected chi connectivity index (χ0v) is 14.5. The fourth-order valence-corrected chi connectivity index (χ4v) is 3.39. The summed E-state index contributed by atoms with van der Waals surface area (Å²) in [5.74, 6) is 0.639. The maximum absolute atomic E-state index is 5.78. The van der Waals surface area contributed by atoms with Gasteiger partial charge in [0, 0.05) is 37.3 Å². The number of nitrogens with one attached hydrogen (secondary N) is 1. The molecule has 1 aliphatic heterocycles. The molecule has 1 aliphatic rings. The van der Waals surface area contributed by atoms with Crippen molar-refractivity contribution in [2.75, 3.05) is 26.3 Å². The van der Waals surface area contributed by atoms with Crippen LogP contribution in [0.15, 0.2) is 0 Å². The number of hydrogen-bond donors (Lipinski definition) is 1. The van der Waals surface area contributed by atoms with Crippen LogP contribution in [0.2, 0.25) is 0 Å². The Morgan fingerprint density at radius 3 is 2.30 bits per heavy atom. The molecule has 0 aromatic rings. The van der Waals surface area contributed by atoms with Crippen molar-refractivity contribution < 1.29 is 4.74 Å². The molecule has 1 rings (SSSR count). The Morgan fingerprint density at radius 2 is 1.85 bits per heavy atom. The van der Waals surface area contributed by atoms with Crippen molar-refractivity contribution in [1.29, 1.82) is 0 Å². The molecular weight excluding hydrogens is 248 g/mol. The molecule has 1 N–H and O–H groups in total. The average molecular weight is 284 g/mol. The summed E-state index contributed by atoms with van der Waals surface area (Å²) < 4.78 is 5.78. The van der Waals surface area contributed by atoms with Crippen molar-refractivity contribution in [1.82, 2.24) is 10.2 Å². The highest BCUT2D eigenvalue weighted by molar-refractivity contribution is 4.98. The van der Waals surface area contributed by atoms with E-state index >= 15 is 0 Å². The topological polar surface area (TPSA) is 24.5 Å². The van der Waals surface area contributed by atoms with Gasteiger partial charge in [-0.25, -0.2) is 0 Å². The van der Waals surface area contributed by atoms with Gasteiger partial charge >= 0.3 is 0 Å². The van der Waals surface area contributed by atoms with Crippen LogP contribution in [0.25, 0.3) is 0 Å². The molecule has 0 aromatic carbocycles. The largest absolute Gasteiger partial charge is 0.380 e. The Hall–Kier alpha value is -0.120. The highest BCUT2D eigenvalue weighted by Gasteiger charge is 2.39. The summed E-state index contributed by atoms with van der Waals surface area (Å²) in [4.78, 5) is 2.74. The van der Waals surface area contributed by atoms with E-state index in [-0.39, 0.29) is 0 Å². The molecule has 1 saturated heterocycles. The molecule has 2 unspecified atom stereocenters. The average Bonchev–Trinajstić information content (AvgIpc) is 2.47. The summed E-state index contributed by atoms with van der Waals surface area (Å²) in [5.41, 5.74) is 0.297. The van der Waals surface area contributed by atoms with Crippen molar-refractivity contribution in [3.8, 4) is 0 Å². The van der Waals surface area contributed by atoms with E-state index in [9.17, 15) is 0 Å². The predicted octanol–water partition coefficient (Wildman–Crippen LogP) is 3.29. The Bertz CT molecular complexity index is 264. The fourth-order valence-electron chi connectivity index (χ4n) is 3.39. The van der Waals surface area contributed by atoms with Crippen LogP contribution in [0.3, 0.4) is 0 Å². The Labute approximate surface area is 126 Å². The Kier molecular flexibility index (Phi) is 7.49. The molecule has 1 fully saturated rings. The van der Waals surface area contributed by atoms with Gasteiger partial charge in [0.1, 0.15) is 0 Å². The zero-order chi connectivity index (χ0) is 15.2. The van der Waals surface area contributed by atoms with E-state index in [1.807, 2.05) is 0 Å². The first-order valence-corrected chi connectivity index (χ1v) is 8.62. The molecule has 0 aliphatic carbocycles. The second-order valence-electron chi connectivity index (χ2n) is 6.57. The number of rotatable bonds is 8. The van der Waals surface area contributed by atoms with E-state index in [2.05, 4.69) is 51.8 Å². The van der Waals surface area contributed by atoms with Gasteiger partial charge in [-0.2, -0.15) is 0 Å². The lowest BCUT2D eigenvalue weighted by atomic mass is 9.86. The third-order valence-corrected chi connectivity index (χ3v) is 5.18. The molecule has 20 heavy (non-hydrogen) atoms. The van der Waals surface area contributed by atoms with Gasteiger partial charge < -0.3 is 10.1 Å². The standard InChI is InChI=1S/C17H36N2O/c1-7-15-11-18-17(8-2,9-3)13-19(15)16(14(5)6)12-20-10-4/h14-16,18H,7-13H2,1-6H3. The minimum atomic E-state index is 0.297. The van der Waals surface area contributed by atoms with Crippen LogP contribution in [0.5, 0.6) is 0 Å². The van der Waals surface area contributed by atoms with E-state index < -0.39 is 0 Å². The van der Waals surface area contributed by atoms with Gasteiger partial charge in [0.15, 0.2) is 0 Å². The monoisotopic (exact) mass is 284 g/mol. The van der Waals surface area contributed by atoms with Crippen molar-refractivity contribution >= 4 is 0 Å². The summed E-state index contributed by atoms with van der Waals surface area (Å²) in [6.07, 6.45) is 3.62. The fraction of sp³-hybridized carbons (Fsp3) is 1.00. The Balaban J connectivity index is 2.87. The first-order chi connectivity index (χ1) is 9.53. The highest BCUT2D eigenvalue weighted by Crippen LogP contribution is 2.27. The summed E-state index contributed by atoms with van der Waals surface area (Å²) in [6, 6.07) is 1.19. The van der Waals surface area contributed by atoms with Gasteiger partial charge in [-0.1, -0.05) is 34.6 Å². The summed E-state index contributed by atoms with van der Waals surface area (Å²) in [5, 5.41) is 3.83. The molecule has 0 aromatic heterocycles.